The Hall–Kier alpha value is -1.26. The molecule has 0 aliphatic carbocycles. The van der Waals surface area contributed by atoms with Crippen LogP contribution in [0, 0.1) is 5.92 Å². The zero-order chi connectivity index (χ0) is 16.0. The Morgan fingerprint density at radius 1 is 1.05 bits per heavy atom. The van der Waals surface area contributed by atoms with E-state index in [4.69, 9.17) is 23.2 Å². The Balaban J connectivity index is 2.50. The first-order chi connectivity index (χ1) is 9.79. The molecule has 1 rings (SSSR count). The fourth-order valence-corrected chi connectivity index (χ4v) is 2.00. The lowest BCUT2D eigenvalue weighted by atomic mass is 10.0. The molecule has 0 saturated heterocycles. The van der Waals surface area contributed by atoms with Crippen LogP contribution in [0.1, 0.15) is 33.6 Å². The monoisotopic (exact) mass is 330 g/mol. The van der Waals surface area contributed by atoms with Crippen LogP contribution in [0.2, 0.25) is 10.0 Å². The second kappa shape index (κ2) is 8.25. The van der Waals surface area contributed by atoms with E-state index in [1.54, 1.807) is 12.1 Å². The van der Waals surface area contributed by atoms with Gasteiger partial charge in [0.25, 0.3) is 0 Å². The van der Waals surface area contributed by atoms with Gasteiger partial charge in [-0.3, -0.25) is 9.59 Å². The van der Waals surface area contributed by atoms with Crippen LogP contribution in [0.4, 0.5) is 5.69 Å². The van der Waals surface area contributed by atoms with Crippen LogP contribution in [0.25, 0.3) is 0 Å². The summed E-state index contributed by atoms with van der Waals surface area (Å²) < 4.78 is 0. The van der Waals surface area contributed by atoms with Crippen LogP contribution in [-0.2, 0) is 9.59 Å². The maximum absolute atomic E-state index is 11.8. The van der Waals surface area contributed by atoms with Gasteiger partial charge in [-0.05, 0) is 43.9 Å². The number of rotatable bonds is 5. The number of benzene rings is 1. The minimum absolute atomic E-state index is 0.0422. The number of carbonyl (C=O) groups is 2. The molecule has 2 N–H and O–H groups in total. The van der Waals surface area contributed by atoms with Crippen molar-refractivity contribution < 1.29 is 9.59 Å². The molecule has 4 nitrogen and oxygen atoms in total. The lowest BCUT2D eigenvalue weighted by Crippen LogP contribution is -2.40. The Bertz CT molecular complexity index is 518. The standard InChI is InChI=1S/C15H20Cl2N2O2/c1-9(2)4-5-10(3)18-14(20)15(21)19-11-6-7-12(16)13(17)8-11/h6-10H,4-5H2,1-3H3,(H,18,20)(H,19,21). The molecule has 1 unspecified atom stereocenters. The van der Waals surface area contributed by atoms with Gasteiger partial charge in [0.05, 0.1) is 10.0 Å². The summed E-state index contributed by atoms with van der Waals surface area (Å²) >= 11 is 11.6. The van der Waals surface area contributed by atoms with Crippen molar-refractivity contribution in [2.24, 2.45) is 5.92 Å². The molecule has 21 heavy (non-hydrogen) atoms. The average molecular weight is 331 g/mol. The topological polar surface area (TPSA) is 58.2 Å². The third kappa shape index (κ3) is 6.36. The first-order valence-corrected chi connectivity index (χ1v) is 7.62. The lowest BCUT2D eigenvalue weighted by molar-refractivity contribution is -0.136. The van der Waals surface area contributed by atoms with Crippen molar-refractivity contribution in [3.05, 3.63) is 28.2 Å². The van der Waals surface area contributed by atoms with Gasteiger partial charge in [0.2, 0.25) is 0 Å². The Morgan fingerprint density at radius 3 is 2.29 bits per heavy atom. The summed E-state index contributed by atoms with van der Waals surface area (Å²) in [7, 11) is 0. The quantitative estimate of drug-likeness (QED) is 0.805. The molecule has 0 aliphatic heterocycles. The van der Waals surface area contributed by atoms with Crippen LogP contribution < -0.4 is 10.6 Å². The first-order valence-electron chi connectivity index (χ1n) is 6.86. The van der Waals surface area contributed by atoms with Crippen LogP contribution in [0.3, 0.4) is 0 Å². The molecule has 116 valence electrons. The van der Waals surface area contributed by atoms with Crippen molar-refractivity contribution in [2.45, 2.75) is 39.7 Å². The summed E-state index contributed by atoms with van der Waals surface area (Å²) in [5.41, 5.74) is 0.430. The number of hydrogen-bond acceptors (Lipinski definition) is 2. The molecule has 0 spiro atoms. The highest BCUT2D eigenvalue weighted by molar-refractivity contribution is 6.42. The number of carbonyl (C=O) groups excluding carboxylic acids is 2. The Labute approximate surface area is 135 Å². The zero-order valence-electron chi connectivity index (χ0n) is 12.4. The highest BCUT2D eigenvalue weighted by Crippen LogP contribution is 2.24. The maximum atomic E-state index is 11.8. The van der Waals surface area contributed by atoms with Crippen molar-refractivity contribution >= 4 is 40.7 Å². The zero-order valence-corrected chi connectivity index (χ0v) is 13.9. The van der Waals surface area contributed by atoms with E-state index in [9.17, 15) is 9.59 Å². The summed E-state index contributed by atoms with van der Waals surface area (Å²) in [5.74, 6) is -0.809. The largest absolute Gasteiger partial charge is 0.345 e. The van der Waals surface area contributed by atoms with Gasteiger partial charge < -0.3 is 10.6 Å². The molecule has 0 aromatic heterocycles. The predicted molar refractivity (Wildman–Crippen MR) is 86.8 cm³/mol. The van der Waals surface area contributed by atoms with Crippen molar-refractivity contribution in [3.63, 3.8) is 0 Å². The number of hydrogen-bond donors (Lipinski definition) is 2. The highest BCUT2D eigenvalue weighted by atomic mass is 35.5. The molecule has 1 aromatic carbocycles. The summed E-state index contributed by atoms with van der Waals surface area (Å²) in [6.45, 7) is 6.11. The van der Waals surface area contributed by atoms with Gasteiger partial charge in [0.1, 0.15) is 0 Å². The van der Waals surface area contributed by atoms with E-state index in [0.717, 1.165) is 12.8 Å². The second-order valence-electron chi connectivity index (χ2n) is 5.43. The maximum Gasteiger partial charge on any atom is 0.313 e. The minimum Gasteiger partial charge on any atom is -0.345 e. The van der Waals surface area contributed by atoms with Crippen molar-refractivity contribution in [1.29, 1.82) is 0 Å². The smallest absolute Gasteiger partial charge is 0.313 e. The highest BCUT2D eigenvalue weighted by Gasteiger charge is 2.16. The van der Waals surface area contributed by atoms with Gasteiger partial charge in [-0.2, -0.15) is 0 Å². The molecule has 1 aromatic rings. The van der Waals surface area contributed by atoms with Crippen molar-refractivity contribution in [3.8, 4) is 0 Å². The van der Waals surface area contributed by atoms with Crippen molar-refractivity contribution in [1.82, 2.24) is 5.32 Å². The molecular formula is C15H20Cl2N2O2. The molecule has 0 heterocycles. The normalized spacial score (nSPS) is 12.1. The van der Waals surface area contributed by atoms with E-state index in [-0.39, 0.29) is 6.04 Å². The van der Waals surface area contributed by atoms with Crippen molar-refractivity contribution in [2.75, 3.05) is 5.32 Å². The van der Waals surface area contributed by atoms with E-state index < -0.39 is 11.8 Å². The van der Waals surface area contributed by atoms with Crippen LogP contribution in [0.15, 0.2) is 18.2 Å². The number of halogens is 2. The number of anilines is 1. The molecular weight excluding hydrogens is 311 g/mol. The van der Waals surface area contributed by atoms with Crippen LogP contribution >= 0.6 is 23.2 Å². The summed E-state index contributed by atoms with van der Waals surface area (Å²) in [5, 5.41) is 5.87. The van der Waals surface area contributed by atoms with E-state index in [1.807, 2.05) is 6.92 Å². The van der Waals surface area contributed by atoms with Crippen LogP contribution in [-0.4, -0.2) is 17.9 Å². The van der Waals surface area contributed by atoms with E-state index >= 15 is 0 Å². The van der Waals surface area contributed by atoms with Gasteiger partial charge in [0.15, 0.2) is 0 Å². The Kier molecular flexibility index (Phi) is 6.99. The third-order valence-corrected chi connectivity index (χ3v) is 3.68. The summed E-state index contributed by atoms with van der Waals surface area (Å²) in [6.07, 6.45) is 1.83. The van der Waals surface area contributed by atoms with Gasteiger partial charge in [-0.15, -0.1) is 0 Å². The molecule has 2 amide bonds. The lowest BCUT2D eigenvalue weighted by Gasteiger charge is -2.14. The van der Waals surface area contributed by atoms with Gasteiger partial charge in [-0.25, -0.2) is 0 Å². The minimum atomic E-state index is -0.718. The second-order valence-corrected chi connectivity index (χ2v) is 6.24. The molecule has 0 radical (unpaired) electrons. The number of nitrogens with one attached hydrogen (secondary N) is 2. The van der Waals surface area contributed by atoms with Gasteiger partial charge in [0, 0.05) is 11.7 Å². The van der Waals surface area contributed by atoms with E-state index in [0.29, 0.717) is 21.7 Å². The molecule has 0 aliphatic rings. The van der Waals surface area contributed by atoms with Crippen LogP contribution in [0.5, 0.6) is 0 Å². The molecule has 0 saturated carbocycles. The SMILES string of the molecule is CC(C)CCC(C)NC(=O)C(=O)Nc1ccc(Cl)c(Cl)c1. The summed E-state index contributed by atoms with van der Waals surface area (Å²) in [6, 6.07) is 4.60. The average Bonchev–Trinajstić information content (AvgIpc) is 2.40. The Morgan fingerprint density at radius 2 is 1.71 bits per heavy atom. The predicted octanol–water partition coefficient (Wildman–Crippen LogP) is 3.87. The molecule has 0 bridgehead atoms. The van der Waals surface area contributed by atoms with Gasteiger partial charge >= 0.3 is 11.8 Å². The third-order valence-electron chi connectivity index (χ3n) is 2.94. The fourth-order valence-electron chi connectivity index (χ4n) is 1.71. The van der Waals surface area contributed by atoms with E-state index in [1.165, 1.54) is 6.07 Å². The first kappa shape index (κ1) is 17.8. The van der Waals surface area contributed by atoms with E-state index in [2.05, 4.69) is 24.5 Å². The molecule has 1 atom stereocenters. The fraction of sp³-hybridized carbons (Fsp3) is 0.467. The van der Waals surface area contributed by atoms with Gasteiger partial charge in [-0.1, -0.05) is 37.0 Å². The number of amides is 2. The summed E-state index contributed by atoms with van der Waals surface area (Å²) in [4.78, 5) is 23.6. The molecule has 6 heteroatoms. The molecule has 0 fully saturated rings.